The van der Waals surface area contributed by atoms with Gasteiger partial charge in [0.25, 0.3) is 0 Å². The average Bonchev–Trinajstić information content (AvgIpc) is 3.23. The molecular weight excluding hydrogens is 320 g/mol. The van der Waals surface area contributed by atoms with E-state index in [1.807, 2.05) is 18.4 Å². The van der Waals surface area contributed by atoms with Crippen molar-refractivity contribution in [2.75, 3.05) is 31.1 Å². The highest BCUT2D eigenvalue weighted by Gasteiger charge is 2.22. The molecule has 1 aliphatic rings. The Morgan fingerprint density at radius 1 is 1.33 bits per heavy atom. The molecule has 0 bridgehead atoms. The number of urea groups is 1. The zero-order valence-electron chi connectivity index (χ0n) is 14.0. The van der Waals surface area contributed by atoms with Gasteiger partial charge < -0.3 is 15.5 Å². The maximum absolute atomic E-state index is 11.9. The second-order valence-corrected chi connectivity index (χ2v) is 7.24. The molecule has 24 heavy (non-hydrogen) atoms. The predicted molar refractivity (Wildman–Crippen MR) is 98.7 cm³/mol. The maximum atomic E-state index is 11.9. The van der Waals surface area contributed by atoms with Gasteiger partial charge in [0.2, 0.25) is 0 Å². The van der Waals surface area contributed by atoms with Crippen molar-refractivity contribution in [1.29, 1.82) is 0 Å². The van der Waals surface area contributed by atoms with E-state index in [0.29, 0.717) is 12.5 Å². The van der Waals surface area contributed by atoms with Crippen LogP contribution in [0.25, 0.3) is 0 Å². The Balaban J connectivity index is 1.33. The smallest absolute Gasteiger partial charge is 0.314 e. The van der Waals surface area contributed by atoms with Gasteiger partial charge in [-0.15, -0.1) is 11.3 Å². The molecule has 1 fully saturated rings. The van der Waals surface area contributed by atoms with Crippen molar-refractivity contribution in [2.24, 2.45) is 5.92 Å². The highest BCUT2D eigenvalue weighted by atomic mass is 32.1. The first-order valence-corrected chi connectivity index (χ1v) is 9.31. The second kappa shape index (κ2) is 8.15. The van der Waals surface area contributed by atoms with Gasteiger partial charge >= 0.3 is 6.03 Å². The molecular formula is C18H24N4OS. The Hall–Kier alpha value is -2.08. The number of carbonyl (C=O) groups excluding carboxylic acids is 1. The molecule has 1 aromatic carbocycles. The van der Waals surface area contributed by atoms with Crippen molar-refractivity contribution in [3.05, 3.63) is 46.4 Å². The summed E-state index contributed by atoms with van der Waals surface area (Å²) >= 11 is 1.64. The van der Waals surface area contributed by atoms with Crippen molar-refractivity contribution in [3.8, 4) is 0 Å². The Labute approximate surface area is 147 Å². The number of amides is 2. The van der Waals surface area contributed by atoms with Crippen LogP contribution in [0.4, 0.5) is 10.5 Å². The Morgan fingerprint density at radius 2 is 2.17 bits per heavy atom. The summed E-state index contributed by atoms with van der Waals surface area (Å²) in [4.78, 5) is 18.7. The van der Waals surface area contributed by atoms with Crippen molar-refractivity contribution < 1.29 is 4.79 Å². The van der Waals surface area contributed by atoms with Gasteiger partial charge in [-0.1, -0.05) is 18.2 Å². The SMILES string of the molecule is Cc1nc(CCNC(=O)NC[C@@H]2CCN(c3ccccc3)C2)cs1. The Morgan fingerprint density at radius 3 is 2.92 bits per heavy atom. The van der Waals surface area contributed by atoms with Gasteiger partial charge in [-0.05, 0) is 31.4 Å². The van der Waals surface area contributed by atoms with Crippen LogP contribution in [-0.2, 0) is 6.42 Å². The third-order valence-electron chi connectivity index (χ3n) is 4.29. The number of aryl methyl sites for hydroxylation is 1. The monoisotopic (exact) mass is 344 g/mol. The molecule has 0 saturated carbocycles. The van der Waals surface area contributed by atoms with E-state index in [1.54, 1.807) is 11.3 Å². The molecule has 1 aromatic heterocycles. The molecule has 128 valence electrons. The van der Waals surface area contributed by atoms with Crippen LogP contribution in [-0.4, -0.2) is 37.2 Å². The number of anilines is 1. The van der Waals surface area contributed by atoms with E-state index >= 15 is 0 Å². The number of nitrogens with one attached hydrogen (secondary N) is 2. The average molecular weight is 344 g/mol. The topological polar surface area (TPSA) is 57.3 Å². The van der Waals surface area contributed by atoms with E-state index in [0.717, 1.165) is 43.2 Å². The van der Waals surface area contributed by atoms with E-state index < -0.39 is 0 Å². The number of hydrogen-bond donors (Lipinski definition) is 2. The molecule has 1 atom stereocenters. The molecule has 1 aliphatic heterocycles. The highest BCUT2D eigenvalue weighted by Crippen LogP contribution is 2.22. The number of para-hydroxylation sites is 1. The number of hydrogen-bond acceptors (Lipinski definition) is 4. The molecule has 5 nitrogen and oxygen atoms in total. The lowest BCUT2D eigenvalue weighted by molar-refractivity contribution is 0.239. The number of nitrogens with zero attached hydrogens (tertiary/aromatic N) is 2. The first-order valence-electron chi connectivity index (χ1n) is 8.43. The quantitative estimate of drug-likeness (QED) is 0.847. The summed E-state index contributed by atoms with van der Waals surface area (Å²) in [7, 11) is 0. The second-order valence-electron chi connectivity index (χ2n) is 6.18. The van der Waals surface area contributed by atoms with E-state index in [1.165, 1.54) is 5.69 Å². The molecule has 2 heterocycles. The van der Waals surface area contributed by atoms with Crippen LogP contribution in [0.1, 0.15) is 17.1 Å². The van der Waals surface area contributed by atoms with Gasteiger partial charge in [0, 0.05) is 43.7 Å². The predicted octanol–water partition coefficient (Wildman–Crippen LogP) is 2.82. The van der Waals surface area contributed by atoms with Gasteiger partial charge in [0.1, 0.15) is 0 Å². The number of aromatic nitrogens is 1. The third-order valence-corrected chi connectivity index (χ3v) is 5.11. The fraction of sp³-hybridized carbons (Fsp3) is 0.444. The molecule has 2 N–H and O–H groups in total. The van der Waals surface area contributed by atoms with Gasteiger partial charge in [-0.2, -0.15) is 0 Å². The normalized spacial score (nSPS) is 17.0. The van der Waals surface area contributed by atoms with Crippen LogP contribution in [0, 0.1) is 12.8 Å². The third kappa shape index (κ3) is 4.71. The van der Waals surface area contributed by atoms with E-state index in [9.17, 15) is 4.79 Å². The Bertz CT molecular complexity index is 658. The molecule has 0 radical (unpaired) electrons. The first-order chi connectivity index (χ1) is 11.7. The summed E-state index contributed by atoms with van der Waals surface area (Å²) in [6.07, 6.45) is 1.90. The molecule has 2 aromatic rings. The van der Waals surface area contributed by atoms with Crippen molar-refractivity contribution in [1.82, 2.24) is 15.6 Å². The summed E-state index contributed by atoms with van der Waals surface area (Å²) in [5.74, 6) is 0.511. The summed E-state index contributed by atoms with van der Waals surface area (Å²) in [6, 6.07) is 10.4. The standard InChI is InChI=1S/C18H24N4OS/c1-14-21-16(13-24-14)7-9-19-18(23)20-11-15-8-10-22(12-15)17-5-3-2-4-6-17/h2-6,13,15H,7-12H2,1H3,(H2,19,20,23)/t15-/m0/s1. The zero-order valence-corrected chi connectivity index (χ0v) is 14.8. The lowest BCUT2D eigenvalue weighted by atomic mass is 10.1. The van der Waals surface area contributed by atoms with Crippen LogP contribution in [0.2, 0.25) is 0 Å². The van der Waals surface area contributed by atoms with Gasteiger partial charge in [0.15, 0.2) is 0 Å². The van der Waals surface area contributed by atoms with Crippen molar-refractivity contribution >= 4 is 23.1 Å². The fourth-order valence-electron chi connectivity index (χ4n) is 3.00. The molecule has 6 heteroatoms. The molecule has 3 rings (SSSR count). The molecule has 0 aliphatic carbocycles. The lowest BCUT2D eigenvalue weighted by Crippen LogP contribution is -2.39. The van der Waals surface area contributed by atoms with Crippen LogP contribution >= 0.6 is 11.3 Å². The minimum absolute atomic E-state index is 0.0832. The molecule has 1 saturated heterocycles. The number of carbonyl (C=O) groups is 1. The summed E-state index contributed by atoms with van der Waals surface area (Å²) < 4.78 is 0. The van der Waals surface area contributed by atoms with Crippen LogP contribution in [0.5, 0.6) is 0 Å². The van der Waals surface area contributed by atoms with Gasteiger partial charge in [-0.25, -0.2) is 9.78 Å². The van der Waals surface area contributed by atoms with E-state index in [-0.39, 0.29) is 6.03 Å². The number of thiazole rings is 1. The van der Waals surface area contributed by atoms with Crippen LogP contribution in [0.15, 0.2) is 35.7 Å². The zero-order chi connectivity index (χ0) is 16.8. The summed E-state index contributed by atoms with van der Waals surface area (Å²) in [6.45, 7) is 5.40. The minimum Gasteiger partial charge on any atom is -0.371 e. The summed E-state index contributed by atoms with van der Waals surface area (Å²) in [5.41, 5.74) is 2.31. The fourth-order valence-corrected chi connectivity index (χ4v) is 3.65. The number of rotatable bonds is 6. The molecule has 0 unspecified atom stereocenters. The Kier molecular flexibility index (Phi) is 5.69. The summed E-state index contributed by atoms with van der Waals surface area (Å²) in [5, 5.41) is 9.02. The molecule has 2 amide bonds. The van der Waals surface area contributed by atoms with Crippen LogP contribution < -0.4 is 15.5 Å². The largest absolute Gasteiger partial charge is 0.371 e. The van der Waals surface area contributed by atoms with Crippen LogP contribution in [0.3, 0.4) is 0 Å². The first kappa shape index (κ1) is 16.8. The van der Waals surface area contributed by atoms with E-state index in [4.69, 9.17) is 0 Å². The van der Waals surface area contributed by atoms with Crippen molar-refractivity contribution in [3.63, 3.8) is 0 Å². The van der Waals surface area contributed by atoms with E-state index in [2.05, 4.69) is 44.8 Å². The van der Waals surface area contributed by atoms with Gasteiger partial charge in [-0.3, -0.25) is 0 Å². The number of benzene rings is 1. The highest BCUT2D eigenvalue weighted by molar-refractivity contribution is 7.09. The minimum atomic E-state index is -0.0832. The van der Waals surface area contributed by atoms with Crippen molar-refractivity contribution in [2.45, 2.75) is 19.8 Å². The maximum Gasteiger partial charge on any atom is 0.314 e. The lowest BCUT2D eigenvalue weighted by Gasteiger charge is -2.18. The molecule has 0 spiro atoms. The van der Waals surface area contributed by atoms with Gasteiger partial charge in [0.05, 0.1) is 10.7 Å².